The van der Waals surface area contributed by atoms with Crippen LogP contribution in [0.25, 0.3) is 97.9 Å². The van der Waals surface area contributed by atoms with E-state index in [1.165, 1.54) is 33.6 Å². The molecule has 0 spiro atoms. The molecule has 0 amide bonds. The summed E-state index contributed by atoms with van der Waals surface area (Å²) in [6.45, 7) is 15.9. The predicted octanol–water partition coefficient (Wildman–Crippen LogP) is 17.5. The summed E-state index contributed by atoms with van der Waals surface area (Å²) in [6.07, 6.45) is 0. The van der Waals surface area contributed by atoms with E-state index in [9.17, 15) is 0 Å². The molecule has 0 aliphatic carbocycles. The number of benzene rings is 9. The Morgan fingerprint density at radius 2 is 1.24 bits per heavy atom. The molecule has 0 bridgehead atoms. The standard InChI is InChI=1S/C40H33N2S.C25H25N2.Ir/c1-23(2)27-14-10-15-28(24(3)4)38(27)42-36-19-9-8-18-35(36)41-40(42)32-17-11-16-31-34-22-33-26(21-37(34)43-39(31)32)20-25(5)29-12-6-7-13-30(29)33;1-17(2)20-13-10-14-21(18(3)4)24(20)27-23-16-9-8-15-22(23)26-25(27)19-11-6-5-7-12-19;/h6-16,18-24H,1-5H3;5-11,13-18H,1-4H3;/q2*-1;+3/i5D3;;. The van der Waals surface area contributed by atoms with Gasteiger partial charge in [-0.05, 0) is 126 Å². The van der Waals surface area contributed by atoms with Crippen molar-refractivity contribution in [2.75, 3.05) is 0 Å². The Balaban J connectivity index is 0.000000191. The van der Waals surface area contributed by atoms with Crippen LogP contribution in [0.1, 0.15) is 111 Å². The Hall–Kier alpha value is -6.69. The van der Waals surface area contributed by atoms with E-state index >= 15 is 0 Å². The van der Waals surface area contributed by atoms with Crippen molar-refractivity contribution in [3.05, 3.63) is 204 Å². The molecule has 0 aliphatic heterocycles. The smallest absolute Gasteiger partial charge is 0.333 e. The summed E-state index contributed by atoms with van der Waals surface area (Å²) >= 11 is 1.73. The first-order chi connectivity index (χ1) is 35.2. The van der Waals surface area contributed by atoms with Gasteiger partial charge in [0.2, 0.25) is 0 Å². The van der Waals surface area contributed by atoms with Crippen molar-refractivity contribution in [2.24, 2.45) is 0 Å². The van der Waals surface area contributed by atoms with Crippen LogP contribution < -0.4 is 9.55 Å². The molecule has 0 atom stereocenters. The molecule has 3 heterocycles. The van der Waals surface area contributed by atoms with Crippen molar-refractivity contribution in [3.8, 4) is 34.2 Å². The Morgan fingerprint density at radius 3 is 1.93 bits per heavy atom. The van der Waals surface area contributed by atoms with Crippen LogP contribution in [0.3, 0.4) is 0 Å². The van der Waals surface area contributed by atoms with Crippen LogP contribution in [-0.2, 0) is 20.1 Å². The van der Waals surface area contributed by atoms with Gasteiger partial charge < -0.3 is 9.13 Å². The zero-order valence-corrected chi connectivity index (χ0v) is 44.6. The summed E-state index contributed by atoms with van der Waals surface area (Å²) in [5.41, 5.74) is 14.3. The molecule has 0 radical (unpaired) electrons. The van der Waals surface area contributed by atoms with E-state index in [4.69, 9.17) is 14.1 Å². The summed E-state index contributed by atoms with van der Waals surface area (Å²) in [5.74, 6) is 3.34. The van der Waals surface area contributed by atoms with Gasteiger partial charge in [0.15, 0.2) is 0 Å². The van der Waals surface area contributed by atoms with Crippen LogP contribution in [-0.4, -0.2) is 9.55 Å². The number of para-hydroxylation sites is 6. The van der Waals surface area contributed by atoms with Crippen molar-refractivity contribution in [1.82, 2.24) is 14.5 Å². The molecule has 0 saturated carbocycles. The third-order valence-corrected chi connectivity index (χ3v) is 15.0. The van der Waals surface area contributed by atoms with Gasteiger partial charge >= 0.3 is 20.1 Å². The van der Waals surface area contributed by atoms with Gasteiger partial charge in [0, 0.05) is 20.2 Å². The minimum atomic E-state index is -2.20. The fourth-order valence-corrected chi connectivity index (χ4v) is 11.7. The second-order valence-electron chi connectivity index (χ2n) is 19.7. The van der Waals surface area contributed by atoms with Crippen molar-refractivity contribution in [2.45, 2.75) is 85.9 Å². The first-order valence-electron chi connectivity index (χ1n) is 26.1. The van der Waals surface area contributed by atoms with E-state index in [-0.39, 0.29) is 20.1 Å². The summed E-state index contributed by atoms with van der Waals surface area (Å²) in [4.78, 5) is 10.3. The average molecular weight is 1120 g/mol. The normalized spacial score (nSPS) is 12.6. The maximum absolute atomic E-state index is 8.25. The zero-order valence-electron chi connectivity index (χ0n) is 44.4. The third kappa shape index (κ3) is 8.40. The SMILES string of the molecule is CC(C)c1cccc(C(C)C)c1-n1c(-c2[c-]cccc2)nc2ccccc21.[2H]C([2H])([2H])c1cc2cc3sc4c(-c5[n-]c6ccccc6[n+]5-c5c(C(C)C)cccc5C(C)C)[c-]ccc4c3cc2c2ccccc12.[Ir+3]. The average Bonchev–Trinajstić information content (AvgIpc) is 4.09. The molecule has 4 nitrogen and oxygen atoms in total. The van der Waals surface area contributed by atoms with Gasteiger partial charge in [-0.3, -0.25) is 9.97 Å². The van der Waals surface area contributed by atoms with Gasteiger partial charge in [-0.1, -0.05) is 157 Å². The molecule has 0 N–H and O–H groups in total. The number of hydrogen-bond donors (Lipinski definition) is 0. The van der Waals surface area contributed by atoms with E-state index < -0.39 is 6.85 Å². The number of nitrogens with zero attached hydrogens (tertiary/aromatic N) is 4. The van der Waals surface area contributed by atoms with Crippen LogP contribution in [0.15, 0.2) is 164 Å². The van der Waals surface area contributed by atoms with Gasteiger partial charge in [0.05, 0.1) is 33.7 Å². The number of thiophene rings is 1. The van der Waals surface area contributed by atoms with Crippen LogP contribution >= 0.6 is 11.3 Å². The Kier molecular flexibility index (Phi) is 12.1. The van der Waals surface area contributed by atoms with E-state index in [1.807, 2.05) is 60.7 Å². The Bertz CT molecular complexity index is 3990. The quantitative estimate of drug-likeness (QED) is 0.0864. The van der Waals surface area contributed by atoms with E-state index in [0.29, 0.717) is 29.2 Å². The fourth-order valence-electron chi connectivity index (χ4n) is 10.4. The van der Waals surface area contributed by atoms with Crippen LogP contribution in [0.4, 0.5) is 0 Å². The van der Waals surface area contributed by atoms with Crippen molar-refractivity contribution >= 4 is 75.1 Å². The van der Waals surface area contributed by atoms with Crippen molar-refractivity contribution < 1.29 is 28.8 Å². The van der Waals surface area contributed by atoms with Crippen LogP contribution in [0.5, 0.6) is 0 Å². The summed E-state index contributed by atoms with van der Waals surface area (Å²) < 4.78 is 31.7. The fraction of sp³-hybridized carbons (Fsp3) is 0.200. The molecule has 0 unspecified atom stereocenters. The number of fused-ring (bicyclic) bond motifs is 8. The summed E-state index contributed by atoms with van der Waals surface area (Å²) in [7, 11) is 0. The third-order valence-electron chi connectivity index (χ3n) is 13.8. The number of hydrogen-bond acceptors (Lipinski definition) is 2. The second kappa shape index (κ2) is 19.5. The maximum Gasteiger partial charge on any atom is 3.00 e. The molecule has 71 heavy (non-hydrogen) atoms. The monoisotopic (exact) mass is 1120 g/mol. The molecule has 12 aromatic rings. The summed E-state index contributed by atoms with van der Waals surface area (Å²) in [6, 6.07) is 63.5. The molecule has 352 valence electrons. The van der Waals surface area contributed by atoms with Gasteiger partial charge in [0.1, 0.15) is 0 Å². The predicted molar refractivity (Wildman–Crippen MR) is 297 cm³/mol. The van der Waals surface area contributed by atoms with Gasteiger partial charge in [0.25, 0.3) is 0 Å². The molecular weight excluding hydrogens is 1060 g/mol. The van der Waals surface area contributed by atoms with Gasteiger partial charge in [-0.15, -0.1) is 54.1 Å². The van der Waals surface area contributed by atoms with Crippen LogP contribution in [0.2, 0.25) is 0 Å². The molecule has 0 fully saturated rings. The molecular formula is C65H58IrN4S+. The largest absolute Gasteiger partial charge is 3.00 e. The Morgan fingerprint density at radius 1 is 0.592 bits per heavy atom. The number of aromatic nitrogens is 4. The molecule has 9 aromatic carbocycles. The number of rotatable bonds is 8. The van der Waals surface area contributed by atoms with E-state index in [2.05, 4.69) is 180 Å². The summed E-state index contributed by atoms with van der Waals surface area (Å²) in [5, 5.41) is 6.05. The topological polar surface area (TPSA) is 35.8 Å². The first kappa shape index (κ1) is 44.3. The van der Waals surface area contributed by atoms with Gasteiger partial charge in [-0.25, -0.2) is 0 Å². The second-order valence-corrected chi connectivity index (χ2v) is 20.8. The Labute approximate surface area is 439 Å². The zero-order chi connectivity index (χ0) is 50.9. The van der Waals surface area contributed by atoms with E-state index in [0.717, 1.165) is 86.6 Å². The minimum Gasteiger partial charge on any atom is -0.333 e. The van der Waals surface area contributed by atoms with Crippen LogP contribution in [0, 0.1) is 19.0 Å². The maximum atomic E-state index is 8.25. The molecule has 6 heteroatoms. The first-order valence-corrected chi connectivity index (χ1v) is 25.4. The minimum absolute atomic E-state index is 0. The molecule has 12 rings (SSSR count). The molecule has 0 aliphatic rings. The molecule has 3 aromatic heterocycles. The van der Waals surface area contributed by atoms with E-state index in [1.54, 1.807) is 11.3 Å². The van der Waals surface area contributed by atoms with Crippen molar-refractivity contribution in [1.29, 1.82) is 0 Å². The number of imidazole rings is 2. The molecule has 0 saturated heterocycles. The van der Waals surface area contributed by atoms with Crippen molar-refractivity contribution in [3.63, 3.8) is 0 Å². The van der Waals surface area contributed by atoms with Gasteiger partial charge in [-0.2, -0.15) is 11.3 Å². The number of aryl methyl sites for hydroxylation is 1.